The Balaban J connectivity index is 1.46. The topological polar surface area (TPSA) is 106 Å². The van der Waals surface area contributed by atoms with Crippen molar-refractivity contribution < 1.29 is 23.5 Å². The first-order chi connectivity index (χ1) is 15.2. The van der Waals surface area contributed by atoms with Gasteiger partial charge in [-0.3, -0.25) is 14.5 Å². The van der Waals surface area contributed by atoms with Crippen molar-refractivity contribution in [2.45, 2.75) is 58.1 Å². The molecule has 2 fully saturated rings. The van der Waals surface area contributed by atoms with Gasteiger partial charge in [0.15, 0.2) is 0 Å². The Morgan fingerprint density at radius 1 is 1.22 bits per heavy atom. The molecular formula is C23H25ClN2O6. The molecule has 8 nitrogen and oxygen atoms in total. The van der Waals surface area contributed by atoms with E-state index in [0.717, 1.165) is 23.3 Å². The second-order valence-electron chi connectivity index (χ2n) is 8.63. The molecule has 32 heavy (non-hydrogen) atoms. The minimum atomic E-state index is -0.911. The second-order valence-corrected chi connectivity index (χ2v) is 9.04. The van der Waals surface area contributed by atoms with Crippen LogP contribution in [0.3, 0.4) is 0 Å². The molecule has 1 aliphatic carbocycles. The molecule has 1 saturated heterocycles. The van der Waals surface area contributed by atoms with Crippen molar-refractivity contribution in [2.24, 2.45) is 5.92 Å². The molecule has 1 N–H and O–H groups in total. The molecule has 4 rings (SSSR count). The maximum absolute atomic E-state index is 12.9. The number of halogens is 1. The van der Waals surface area contributed by atoms with Crippen LogP contribution in [0.25, 0.3) is 11.0 Å². The highest BCUT2D eigenvalue weighted by molar-refractivity contribution is 6.32. The second kappa shape index (κ2) is 8.58. The Hall–Kier alpha value is -2.87. The lowest BCUT2D eigenvalue weighted by molar-refractivity contribution is -0.149. The van der Waals surface area contributed by atoms with Crippen LogP contribution in [0.1, 0.15) is 50.7 Å². The minimum Gasteiger partial charge on any atom is -0.459 e. The Labute approximate surface area is 189 Å². The fourth-order valence-corrected chi connectivity index (χ4v) is 4.72. The Bertz CT molecular complexity index is 1150. The van der Waals surface area contributed by atoms with E-state index in [9.17, 15) is 19.2 Å². The number of rotatable bonds is 5. The largest absolute Gasteiger partial charge is 0.459 e. The van der Waals surface area contributed by atoms with Crippen LogP contribution in [0.15, 0.2) is 27.4 Å². The van der Waals surface area contributed by atoms with E-state index < -0.39 is 29.7 Å². The molecule has 0 radical (unpaired) electrons. The predicted octanol–water partition coefficient (Wildman–Crippen LogP) is 3.55. The lowest BCUT2D eigenvalue weighted by Gasteiger charge is -2.33. The maximum atomic E-state index is 12.9. The zero-order valence-electron chi connectivity index (χ0n) is 18.0. The third-order valence-electron chi connectivity index (χ3n) is 6.43. The summed E-state index contributed by atoms with van der Waals surface area (Å²) < 4.78 is 10.6. The Morgan fingerprint density at radius 3 is 2.62 bits per heavy atom. The third-order valence-corrected chi connectivity index (χ3v) is 6.78. The van der Waals surface area contributed by atoms with Gasteiger partial charge in [0.05, 0.1) is 0 Å². The lowest BCUT2D eigenvalue weighted by atomic mass is 9.77. The fraction of sp³-hybridized carbons (Fsp3) is 0.478. The summed E-state index contributed by atoms with van der Waals surface area (Å²) in [7, 11) is 0. The molecule has 3 amide bonds. The van der Waals surface area contributed by atoms with Crippen LogP contribution in [-0.4, -0.2) is 34.9 Å². The number of urea groups is 1. The summed E-state index contributed by atoms with van der Waals surface area (Å²) >= 11 is 6.29. The average molecular weight is 461 g/mol. The number of nitrogens with one attached hydrogen (secondary N) is 1. The van der Waals surface area contributed by atoms with Crippen LogP contribution in [-0.2, 0) is 27.4 Å². The molecule has 1 aromatic heterocycles. The molecule has 2 heterocycles. The van der Waals surface area contributed by atoms with Crippen LogP contribution in [0.5, 0.6) is 0 Å². The standard InChI is InChI=1S/C23H25ClN2O6/c1-3-14-8-18-16(10-17(14)24)15(9-19(27)32-18)12-31-20(28)11-26-21(29)23(25-22(26)30)6-4-13(2)5-7-23/h8-10,13H,3-7,11-12H2,1-2H3,(H,25,30). The summed E-state index contributed by atoms with van der Waals surface area (Å²) in [6.07, 6.45) is 3.49. The van der Waals surface area contributed by atoms with Gasteiger partial charge in [0.1, 0.15) is 24.3 Å². The number of benzene rings is 1. The number of esters is 1. The quantitative estimate of drug-likeness (QED) is 0.415. The minimum absolute atomic E-state index is 0.213. The molecule has 2 aliphatic rings. The SMILES string of the molecule is CCc1cc2oc(=O)cc(COC(=O)CN3C(=O)NC4(CCC(C)CC4)C3=O)c2cc1Cl. The zero-order valence-corrected chi connectivity index (χ0v) is 18.8. The molecule has 0 unspecified atom stereocenters. The fourth-order valence-electron chi connectivity index (χ4n) is 4.43. The molecule has 0 atom stereocenters. The van der Waals surface area contributed by atoms with Gasteiger partial charge >= 0.3 is 17.6 Å². The molecule has 1 aromatic carbocycles. The monoisotopic (exact) mass is 460 g/mol. The van der Waals surface area contributed by atoms with Gasteiger partial charge in [-0.15, -0.1) is 0 Å². The van der Waals surface area contributed by atoms with Gasteiger partial charge in [0.2, 0.25) is 0 Å². The highest BCUT2D eigenvalue weighted by atomic mass is 35.5. The van der Waals surface area contributed by atoms with Crippen molar-refractivity contribution in [3.63, 3.8) is 0 Å². The number of carbonyl (C=O) groups excluding carboxylic acids is 3. The van der Waals surface area contributed by atoms with Gasteiger partial charge in [-0.2, -0.15) is 0 Å². The van der Waals surface area contributed by atoms with Gasteiger partial charge in [-0.25, -0.2) is 9.59 Å². The number of nitrogens with zero attached hydrogens (tertiary/aromatic N) is 1. The van der Waals surface area contributed by atoms with Crippen molar-refractivity contribution in [2.75, 3.05) is 6.54 Å². The van der Waals surface area contributed by atoms with E-state index in [1.807, 2.05) is 6.92 Å². The van der Waals surface area contributed by atoms with E-state index in [0.29, 0.717) is 46.7 Å². The number of fused-ring (bicyclic) bond motifs is 1. The van der Waals surface area contributed by atoms with Crippen LogP contribution >= 0.6 is 11.6 Å². The summed E-state index contributed by atoms with van der Waals surface area (Å²) in [6.45, 7) is 3.36. The molecule has 170 valence electrons. The summed E-state index contributed by atoms with van der Waals surface area (Å²) in [6, 6.07) is 4.03. The first-order valence-corrected chi connectivity index (χ1v) is 11.1. The molecule has 1 aliphatic heterocycles. The van der Waals surface area contributed by atoms with Gasteiger partial charge < -0.3 is 14.5 Å². The molecular weight excluding hydrogens is 436 g/mol. The lowest BCUT2D eigenvalue weighted by Crippen LogP contribution is -2.49. The summed E-state index contributed by atoms with van der Waals surface area (Å²) in [5.41, 5.74) is 0.139. The van der Waals surface area contributed by atoms with Crippen molar-refractivity contribution >= 4 is 40.5 Å². The highest BCUT2D eigenvalue weighted by Gasteiger charge is 2.52. The average Bonchev–Trinajstić information content (AvgIpc) is 2.98. The number of imide groups is 1. The van der Waals surface area contributed by atoms with E-state index in [1.165, 1.54) is 6.07 Å². The van der Waals surface area contributed by atoms with Crippen molar-refractivity contribution in [1.29, 1.82) is 0 Å². The zero-order chi connectivity index (χ0) is 23.0. The van der Waals surface area contributed by atoms with Gasteiger partial charge in [0.25, 0.3) is 5.91 Å². The maximum Gasteiger partial charge on any atom is 0.336 e. The number of carbonyl (C=O) groups is 3. The smallest absolute Gasteiger partial charge is 0.336 e. The van der Waals surface area contributed by atoms with E-state index in [1.54, 1.807) is 12.1 Å². The molecule has 9 heteroatoms. The van der Waals surface area contributed by atoms with Crippen LogP contribution in [0.4, 0.5) is 4.79 Å². The van der Waals surface area contributed by atoms with Crippen molar-refractivity contribution in [3.8, 4) is 0 Å². The molecule has 2 aromatic rings. The summed E-state index contributed by atoms with van der Waals surface area (Å²) in [5, 5.41) is 3.86. The van der Waals surface area contributed by atoms with Crippen LogP contribution in [0.2, 0.25) is 5.02 Å². The first-order valence-electron chi connectivity index (χ1n) is 10.8. The number of aryl methyl sites for hydroxylation is 1. The number of amides is 3. The highest BCUT2D eigenvalue weighted by Crippen LogP contribution is 2.36. The molecule has 1 spiro atoms. The predicted molar refractivity (Wildman–Crippen MR) is 117 cm³/mol. The Kier molecular flexibility index (Phi) is 5.99. The van der Waals surface area contributed by atoms with Crippen LogP contribution in [0, 0.1) is 5.92 Å². The van der Waals surface area contributed by atoms with Crippen molar-refractivity contribution in [1.82, 2.24) is 10.2 Å². The van der Waals surface area contributed by atoms with Gasteiger partial charge in [-0.05, 0) is 55.7 Å². The summed E-state index contributed by atoms with van der Waals surface area (Å²) in [4.78, 5) is 50.6. The normalized spacial score (nSPS) is 23.1. The van der Waals surface area contributed by atoms with Crippen molar-refractivity contribution in [3.05, 3.63) is 44.8 Å². The molecule has 0 bridgehead atoms. The number of hydrogen-bond acceptors (Lipinski definition) is 6. The molecule has 1 saturated carbocycles. The third kappa shape index (κ3) is 4.11. The van der Waals surface area contributed by atoms with E-state index in [-0.39, 0.29) is 12.5 Å². The number of hydrogen-bond donors (Lipinski definition) is 1. The number of ether oxygens (including phenoxy) is 1. The summed E-state index contributed by atoms with van der Waals surface area (Å²) in [5.74, 6) is -0.618. The van der Waals surface area contributed by atoms with E-state index in [4.69, 9.17) is 20.8 Å². The van der Waals surface area contributed by atoms with Gasteiger partial charge in [0, 0.05) is 22.0 Å². The first kappa shape index (κ1) is 22.3. The Morgan fingerprint density at radius 2 is 1.94 bits per heavy atom. The van der Waals surface area contributed by atoms with E-state index in [2.05, 4.69) is 12.2 Å². The van der Waals surface area contributed by atoms with E-state index >= 15 is 0 Å². The van der Waals surface area contributed by atoms with Crippen LogP contribution < -0.4 is 10.9 Å². The van der Waals surface area contributed by atoms with Gasteiger partial charge in [-0.1, -0.05) is 25.4 Å².